The van der Waals surface area contributed by atoms with E-state index in [2.05, 4.69) is 15.2 Å². The van der Waals surface area contributed by atoms with Crippen molar-refractivity contribution in [2.45, 2.75) is 18.5 Å². The molecule has 2 aromatic rings. The van der Waals surface area contributed by atoms with Gasteiger partial charge < -0.3 is 9.13 Å². The van der Waals surface area contributed by atoms with Crippen LogP contribution in [0.5, 0.6) is 0 Å². The van der Waals surface area contributed by atoms with E-state index in [1.807, 2.05) is 18.5 Å². The van der Waals surface area contributed by atoms with Crippen LogP contribution in [0, 0.1) is 6.92 Å². The zero-order valence-corrected chi connectivity index (χ0v) is 10.8. The molecule has 0 spiro atoms. The number of imidazole rings is 1. The van der Waals surface area contributed by atoms with Crippen molar-refractivity contribution in [3.05, 3.63) is 24.2 Å². The van der Waals surface area contributed by atoms with E-state index in [1.165, 1.54) is 12.5 Å². The van der Waals surface area contributed by atoms with E-state index < -0.39 is 9.05 Å². The molecule has 17 heavy (non-hydrogen) atoms. The third-order valence-electron chi connectivity index (χ3n) is 2.37. The van der Waals surface area contributed by atoms with Crippen LogP contribution >= 0.6 is 10.7 Å². The van der Waals surface area contributed by atoms with Crippen molar-refractivity contribution >= 4 is 19.7 Å². The Kier molecular flexibility index (Phi) is 2.92. The Labute approximate surface area is 102 Å². The molecule has 92 valence electrons. The van der Waals surface area contributed by atoms with Crippen LogP contribution < -0.4 is 0 Å². The van der Waals surface area contributed by atoms with E-state index in [0.29, 0.717) is 12.4 Å². The summed E-state index contributed by atoms with van der Waals surface area (Å²) < 4.78 is 25.4. The zero-order valence-electron chi connectivity index (χ0n) is 9.20. The van der Waals surface area contributed by atoms with E-state index >= 15 is 0 Å². The molecule has 2 aromatic heterocycles. The first kappa shape index (κ1) is 12.1. The van der Waals surface area contributed by atoms with Crippen molar-refractivity contribution < 1.29 is 8.42 Å². The van der Waals surface area contributed by atoms with E-state index in [1.54, 1.807) is 4.57 Å². The number of hydrogen-bond donors (Lipinski definition) is 0. The summed E-state index contributed by atoms with van der Waals surface area (Å²) in [5.41, 5.74) is 0. The number of nitrogens with zero attached hydrogens (tertiary/aromatic N) is 5. The average Bonchev–Trinajstić information content (AvgIpc) is 2.80. The summed E-state index contributed by atoms with van der Waals surface area (Å²) in [5, 5.41) is 7.70. The van der Waals surface area contributed by atoms with Gasteiger partial charge in [0.1, 0.15) is 5.82 Å². The maximum absolute atomic E-state index is 11.0. The lowest BCUT2D eigenvalue weighted by Crippen LogP contribution is -2.05. The Balaban J connectivity index is 2.26. The smallest absolute Gasteiger partial charge is 0.280 e. The molecule has 2 rings (SSSR count). The molecule has 0 aliphatic heterocycles. The highest BCUT2D eigenvalue weighted by Gasteiger charge is 2.14. The van der Waals surface area contributed by atoms with Gasteiger partial charge in [-0.15, -0.1) is 10.2 Å². The Hall–Kier alpha value is -1.41. The van der Waals surface area contributed by atoms with Crippen LogP contribution in [0.2, 0.25) is 0 Å². The molecule has 0 aliphatic carbocycles. The van der Waals surface area contributed by atoms with Gasteiger partial charge in [0, 0.05) is 23.9 Å². The monoisotopic (exact) mass is 275 g/mol. The van der Waals surface area contributed by atoms with Crippen molar-refractivity contribution in [2.24, 2.45) is 7.05 Å². The fourth-order valence-electron chi connectivity index (χ4n) is 1.30. The van der Waals surface area contributed by atoms with Gasteiger partial charge in [0.15, 0.2) is 10.9 Å². The fourth-order valence-corrected chi connectivity index (χ4v) is 1.98. The van der Waals surface area contributed by atoms with Crippen LogP contribution in [-0.4, -0.2) is 32.7 Å². The predicted molar refractivity (Wildman–Crippen MR) is 60.1 cm³/mol. The van der Waals surface area contributed by atoms with Gasteiger partial charge in [0.2, 0.25) is 0 Å². The third kappa shape index (κ3) is 2.47. The maximum atomic E-state index is 11.0. The number of aromatic nitrogens is 5. The van der Waals surface area contributed by atoms with Crippen LogP contribution in [0.4, 0.5) is 0 Å². The molecular weight excluding hydrogens is 266 g/mol. The summed E-state index contributed by atoms with van der Waals surface area (Å²) in [4.78, 5) is 3.71. The highest BCUT2D eigenvalue weighted by molar-refractivity contribution is 8.13. The van der Waals surface area contributed by atoms with Crippen molar-refractivity contribution in [3.63, 3.8) is 0 Å². The molecule has 2 heterocycles. The first-order valence-electron chi connectivity index (χ1n) is 4.69. The molecule has 0 N–H and O–H groups in total. The molecular formula is C8H10ClN5O2S. The maximum Gasteiger partial charge on any atom is 0.280 e. The molecule has 0 fully saturated rings. The lowest BCUT2D eigenvalue weighted by Gasteiger charge is -2.01. The first-order chi connectivity index (χ1) is 7.88. The molecule has 0 amide bonds. The molecule has 0 aromatic carbocycles. The van der Waals surface area contributed by atoms with Crippen molar-refractivity contribution in [1.82, 2.24) is 24.3 Å². The number of hydrogen-bond acceptors (Lipinski definition) is 5. The normalized spacial score (nSPS) is 11.9. The number of rotatable bonds is 3. The third-order valence-corrected chi connectivity index (χ3v) is 3.55. The lowest BCUT2D eigenvalue weighted by atomic mass is 10.5. The first-order valence-corrected chi connectivity index (χ1v) is 7.00. The minimum atomic E-state index is -3.78. The molecule has 0 radical (unpaired) electrons. The van der Waals surface area contributed by atoms with Gasteiger partial charge in [0.25, 0.3) is 9.05 Å². The largest absolute Gasteiger partial charge is 0.328 e. The highest BCUT2D eigenvalue weighted by atomic mass is 35.7. The Bertz CT molecular complexity index is 645. The standard InChI is InChI=1S/C8H10ClN5O2S/c1-6-11-12-7(13(6)2)3-14-4-8(10-5-14)17(9,15)16/h4-5H,3H2,1-2H3. The summed E-state index contributed by atoms with van der Waals surface area (Å²) in [6, 6.07) is 0. The highest BCUT2D eigenvalue weighted by Crippen LogP contribution is 2.12. The lowest BCUT2D eigenvalue weighted by molar-refractivity contribution is 0.606. The van der Waals surface area contributed by atoms with Crippen LogP contribution in [0.25, 0.3) is 0 Å². The molecule has 0 bridgehead atoms. The van der Waals surface area contributed by atoms with Gasteiger partial charge in [-0.1, -0.05) is 0 Å². The average molecular weight is 276 g/mol. The van der Waals surface area contributed by atoms with E-state index in [0.717, 1.165) is 5.82 Å². The summed E-state index contributed by atoms with van der Waals surface area (Å²) in [6.07, 6.45) is 2.74. The van der Waals surface area contributed by atoms with Gasteiger partial charge in [0.05, 0.1) is 12.9 Å². The van der Waals surface area contributed by atoms with Gasteiger partial charge in [-0.2, -0.15) is 0 Å². The van der Waals surface area contributed by atoms with Crippen LogP contribution in [0.15, 0.2) is 17.6 Å². The predicted octanol–water partition coefficient (Wildman–Crippen LogP) is 0.296. The SMILES string of the molecule is Cc1nnc(Cn2cnc(S(=O)(=O)Cl)c2)n1C. The molecule has 0 saturated heterocycles. The molecule has 7 nitrogen and oxygen atoms in total. The van der Waals surface area contributed by atoms with Crippen molar-refractivity contribution in [3.8, 4) is 0 Å². The topological polar surface area (TPSA) is 82.7 Å². The number of halogens is 1. The minimum absolute atomic E-state index is 0.168. The Morgan fingerprint density at radius 2 is 2.12 bits per heavy atom. The van der Waals surface area contributed by atoms with Crippen molar-refractivity contribution in [1.29, 1.82) is 0 Å². The van der Waals surface area contributed by atoms with Gasteiger partial charge in [-0.05, 0) is 6.92 Å². The Morgan fingerprint density at radius 3 is 2.59 bits per heavy atom. The van der Waals surface area contributed by atoms with E-state index in [9.17, 15) is 8.42 Å². The van der Waals surface area contributed by atoms with Crippen molar-refractivity contribution in [2.75, 3.05) is 0 Å². The summed E-state index contributed by atoms with van der Waals surface area (Å²) in [6.45, 7) is 2.22. The van der Waals surface area contributed by atoms with Crippen LogP contribution in [0.3, 0.4) is 0 Å². The van der Waals surface area contributed by atoms with Gasteiger partial charge in [-0.25, -0.2) is 13.4 Å². The molecule has 0 aliphatic rings. The summed E-state index contributed by atoms with van der Waals surface area (Å²) in [5.74, 6) is 1.49. The molecule has 0 saturated carbocycles. The summed E-state index contributed by atoms with van der Waals surface area (Å²) >= 11 is 0. The minimum Gasteiger partial charge on any atom is -0.328 e. The van der Waals surface area contributed by atoms with E-state index in [-0.39, 0.29) is 5.03 Å². The second-order valence-electron chi connectivity index (χ2n) is 3.54. The zero-order chi connectivity index (χ0) is 12.6. The van der Waals surface area contributed by atoms with E-state index in [4.69, 9.17) is 10.7 Å². The fraction of sp³-hybridized carbons (Fsp3) is 0.375. The second kappa shape index (κ2) is 4.11. The molecule has 0 unspecified atom stereocenters. The van der Waals surface area contributed by atoms with Gasteiger partial charge in [-0.3, -0.25) is 0 Å². The Morgan fingerprint density at radius 1 is 1.41 bits per heavy atom. The molecule has 0 atom stereocenters. The van der Waals surface area contributed by atoms with Gasteiger partial charge >= 0.3 is 0 Å². The quantitative estimate of drug-likeness (QED) is 0.752. The number of aryl methyl sites for hydroxylation is 1. The van der Waals surface area contributed by atoms with Crippen LogP contribution in [0.1, 0.15) is 11.6 Å². The van der Waals surface area contributed by atoms with Crippen LogP contribution in [-0.2, 0) is 22.6 Å². The second-order valence-corrected chi connectivity index (χ2v) is 6.06. The molecule has 9 heteroatoms. The summed E-state index contributed by atoms with van der Waals surface area (Å²) in [7, 11) is 3.23.